The number of nitrogens with zero attached hydrogens (tertiary/aromatic N) is 2. The molecule has 1 aromatic carbocycles. The lowest BCUT2D eigenvalue weighted by atomic mass is 9.99. The Hall–Kier alpha value is -1.95. The molecule has 1 fully saturated rings. The van der Waals surface area contributed by atoms with Gasteiger partial charge in [0, 0.05) is 31.3 Å². The van der Waals surface area contributed by atoms with E-state index in [1.165, 1.54) is 6.07 Å². The van der Waals surface area contributed by atoms with Gasteiger partial charge in [-0.2, -0.15) is 0 Å². The van der Waals surface area contributed by atoms with E-state index < -0.39 is 5.97 Å². The van der Waals surface area contributed by atoms with E-state index in [2.05, 4.69) is 4.90 Å². The third-order valence-electron chi connectivity index (χ3n) is 3.89. The van der Waals surface area contributed by atoms with Gasteiger partial charge in [-0.1, -0.05) is 25.1 Å². The highest BCUT2D eigenvalue weighted by Crippen LogP contribution is 2.24. The van der Waals surface area contributed by atoms with Crippen LogP contribution in [-0.2, 0) is 11.2 Å². The standard InChI is InChI=1S/C14H18N2O4/c1-10-8-15(9-12(10)14(17)18)7-6-11-4-2-3-5-13(11)16(19)20/h2-5,10,12H,6-9H2,1H3,(H,17,18). The Bertz CT molecular complexity index is 518. The monoisotopic (exact) mass is 278 g/mol. The lowest BCUT2D eigenvalue weighted by Gasteiger charge is -2.14. The van der Waals surface area contributed by atoms with Crippen molar-refractivity contribution in [3.05, 3.63) is 39.9 Å². The number of benzene rings is 1. The molecule has 1 N–H and O–H groups in total. The van der Waals surface area contributed by atoms with Crippen molar-refractivity contribution in [3.63, 3.8) is 0 Å². The van der Waals surface area contributed by atoms with Gasteiger partial charge < -0.3 is 10.0 Å². The number of hydrogen-bond acceptors (Lipinski definition) is 4. The number of carboxylic acids is 1. The van der Waals surface area contributed by atoms with Gasteiger partial charge in [-0.25, -0.2) is 0 Å². The fourth-order valence-electron chi connectivity index (χ4n) is 2.75. The van der Waals surface area contributed by atoms with Crippen LogP contribution in [-0.4, -0.2) is 40.5 Å². The minimum absolute atomic E-state index is 0.123. The van der Waals surface area contributed by atoms with E-state index in [9.17, 15) is 14.9 Å². The largest absolute Gasteiger partial charge is 0.481 e. The highest BCUT2D eigenvalue weighted by atomic mass is 16.6. The maximum absolute atomic E-state index is 11.1. The van der Waals surface area contributed by atoms with Crippen LogP contribution in [0.25, 0.3) is 0 Å². The van der Waals surface area contributed by atoms with E-state index >= 15 is 0 Å². The summed E-state index contributed by atoms with van der Waals surface area (Å²) in [5, 5.41) is 20.0. The minimum Gasteiger partial charge on any atom is -0.481 e. The fourth-order valence-corrected chi connectivity index (χ4v) is 2.75. The molecule has 0 bridgehead atoms. The van der Waals surface area contributed by atoms with Crippen molar-refractivity contribution in [1.29, 1.82) is 0 Å². The molecule has 0 radical (unpaired) electrons. The second-order valence-corrected chi connectivity index (χ2v) is 5.32. The predicted octanol–water partition coefficient (Wildman–Crippen LogP) is 1.79. The molecule has 1 aliphatic heterocycles. The normalized spacial score (nSPS) is 22.9. The summed E-state index contributed by atoms with van der Waals surface area (Å²) >= 11 is 0. The van der Waals surface area contributed by atoms with E-state index in [4.69, 9.17) is 5.11 Å². The molecule has 2 atom stereocenters. The Balaban J connectivity index is 1.97. The van der Waals surface area contributed by atoms with Gasteiger partial charge >= 0.3 is 5.97 Å². The summed E-state index contributed by atoms with van der Waals surface area (Å²) in [6.07, 6.45) is 0.566. The molecule has 1 saturated heterocycles. The van der Waals surface area contributed by atoms with Gasteiger partial charge in [-0.05, 0) is 12.3 Å². The molecule has 6 nitrogen and oxygen atoms in total. The first-order chi connectivity index (χ1) is 9.49. The summed E-state index contributed by atoms with van der Waals surface area (Å²) in [4.78, 5) is 23.7. The molecule has 0 aliphatic carbocycles. The smallest absolute Gasteiger partial charge is 0.308 e. The summed E-state index contributed by atoms with van der Waals surface area (Å²) in [6, 6.07) is 6.70. The molecule has 0 spiro atoms. The first kappa shape index (κ1) is 14.5. The Morgan fingerprint density at radius 3 is 2.75 bits per heavy atom. The van der Waals surface area contributed by atoms with E-state index in [1.54, 1.807) is 18.2 Å². The minimum atomic E-state index is -0.759. The Morgan fingerprint density at radius 1 is 1.45 bits per heavy atom. The van der Waals surface area contributed by atoms with Gasteiger partial charge in [0.25, 0.3) is 5.69 Å². The van der Waals surface area contributed by atoms with Gasteiger partial charge in [-0.15, -0.1) is 0 Å². The number of carbonyl (C=O) groups is 1. The number of likely N-dealkylation sites (tertiary alicyclic amines) is 1. The Labute approximate surface area is 117 Å². The summed E-state index contributed by atoms with van der Waals surface area (Å²) in [5.41, 5.74) is 0.832. The van der Waals surface area contributed by atoms with Crippen molar-refractivity contribution in [2.24, 2.45) is 11.8 Å². The molecule has 1 heterocycles. The zero-order chi connectivity index (χ0) is 14.7. The summed E-state index contributed by atoms with van der Waals surface area (Å²) < 4.78 is 0. The van der Waals surface area contributed by atoms with Crippen LogP contribution in [0.15, 0.2) is 24.3 Å². The first-order valence-corrected chi connectivity index (χ1v) is 6.66. The van der Waals surface area contributed by atoms with Crippen LogP contribution in [0.1, 0.15) is 12.5 Å². The van der Waals surface area contributed by atoms with Crippen LogP contribution >= 0.6 is 0 Å². The van der Waals surface area contributed by atoms with Crippen LogP contribution in [0.4, 0.5) is 5.69 Å². The second kappa shape index (κ2) is 6.00. The summed E-state index contributed by atoms with van der Waals surface area (Å²) in [6.45, 7) is 3.84. The van der Waals surface area contributed by atoms with Crippen molar-refractivity contribution in [1.82, 2.24) is 4.90 Å². The Kier molecular flexibility index (Phi) is 4.34. The highest BCUT2D eigenvalue weighted by Gasteiger charge is 2.34. The molecule has 0 amide bonds. The molecule has 1 aromatic rings. The lowest BCUT2D eigenvalue weighted by Crippen LogP contribution is -2.25. The Morgan fingerprint density at radius 2 is 2.15 bits per heavy atom. The van der Waals surface area contributed by atoms with Gasteiger partial charge in [0.1, 0.15) is 0 Å². The zero-order valence-corrected chi connectivity index (χ0v) is 11.4. The van der Waals surface area contributed by atoms with Crippen molar-refractivity contribution in [2.75, 3.05) is 19.6 Å². The molecule has 2 rings (SSSR count). The highest BCUT2D eigenvalue weighted by molar-refractivity contribution is 5.71. The van der Waals surface area contributed by atoms with Crippen LogP contribution < -0.4 is 0 Å². The van der Waals surface area contributed by atoms with E-state index in [0.29, 0.717) is 25.1 Å². The molecule has 0 saturated carbocycles. The maximum Gasteiger partial charge on any atom is 0.308 e. The molecular formula is C14H18N2O4. The van der Waals surface area contributed by atoms with E-state index in [0.717, 1.165) is 6.54 Å². The third kappa shape index (κ3) is 3.14. The number of nitro benzene ring substituents is 1. The quantitative estimate of drug-likeness (QED) is 0.655. The first-order valence-electron chi connectivity index (χ1n) is 6.66. The van der Waals surface area contributed by atoms with E-state index in [1.807, 2.05) is 6.92 Å². The number of aliphatic carboxylic acids is 1. The van der Waals surface area contributed by atoms with Crippen LogP contribution in [0.3, 0.4) is 0 Å². The van der Waals surface area contributed by atoms with E-state index in [-0.39, 0.29) is 22.4 Å². The van der Waals surface area contributed by atoms with Gasteiger partial charge in [0.05, 0.1) is 10.8 Å². The van der Waals surface area contributed by atoms with Gasteiger partial charge in [0.15, 0.2) is 0 Å². The fraction of sp³-hybridized carbons (Fsp3) is 0.500. The molecule has 20 heavy (non-hydrogen) atoms. The topological polar surface area (TPSA) is 83.7 Å². The molecule has 0 aromatic heterocycles. The number of rotatable bonds is 5. The number of carboxylic acid groups (broad SMARTS) is 1. The average molecular weight is 278 g/mol. The van der Waals surface area contributed by atoms with Crippen molar-refractivity contribution < 1.29 is 14.8 Å². The number of hydrogen-bond donors (Lipinski definition) is 1. The van der Waals surface area contributed by atoms with Crippen molar-refractivity contribution in [2.45, 2.75) is 13.3 Å². The molecule has 6 heteroatoms. The second-order valence-electron chi connectivity index (χ2n) is 5.32. The van der Waals surface area contributed by atoms with Gasteiger partial charge in [-0.3, -0.25) is 14.9 Å². The average Bonchev–Trinajstić information content (AvgIpc) is 2.78. The molecule has 2 unspecified atom stereocenters. The molecular weight excluding hydrogens is 260 g/mol. The van der Waals surface area contributed by atoms with Crippen LogP contribution in [0, 0.1) is 22.0 Å². The lowest BCUT2D eigenvalue weighted by molar-refractivity contribution is -0.385. The predicted molar refractivity (Wildman–Crippen MR) is 73.5 cm³/mol. The zero-order valence-electron chi connectivity index (χ0n) is 11.4. The van der Waals surface area contributed by atoms with Crippen molar-refractivity contribution in [3.8, 4) is 0 Å². The van der Waals surface area contributed by atoms with Crippen molar-refractivity contribution >= 4 is 11.7 Å². The third-order valence-corrected chi connectivity index (χ3v) is 3.89. The number of para-hydroxylation sites is 1. The summed E-state index contributed by atoms with van der Waals surface area (Å²) in [7, 11) is 0. The molecule has 108 valence electrons. The van der Waals surface area contributed by atoms with Crippen LogP contribution in [0.2, 0.25) is 0 Å². The van der Waals surface area contributed by atoms with Gasteiger partial charge in [0.2, 0.25) is 0 Å². The SMILES string of the molecule is CC1CN(CCc2ccccc2[N+](=O)[O-])CC1C(=O)O. The summed E-state index contributed by atoms with van der Waals surface area (Å²) in [5.74, 6) is -0.968. The molecule has 1 aliphatic rings. The number of nitro groups is 1. The maximum atomic E-state index is 11.1. The van der Waals surface area contributed by atoms with Crippen LogP contribution in [0.5, 0.6) is 0 Å².